The summed E-state index contributed by atoms with van der Waals surface area (Å²) in [6, 6.07) is 9.18. The fraction of sp³-hybridized carbons (Fsp3) is 0.0714. The number of aromatic amines is 1. The molecule has 0 saturated carbocycles. The molecule has 2 N–H and O–H groups in total. The lowest BCUT2D eigenvalue weighted by Gasteiger charge is -2.04. The van der Waals surface area contributed by atoms with Crippen LogP contribution >= 0.6 is 11.6 Å². The molecule has 6 heteroatoms. The van der Waals surface area contributed by atoms with E-state index in [1.807, 2.05) is 31.2 Å². The van der Waals surface area contributed by atoms with Gasteiger partial charge >= 0.3 is 0 Å². The van der Waals surface area contributed by atoms with Crippen LogP contribution in [0.4, 0.5) is 5.95 Å². The number of nitrogens with one attached hydrogen (secondary N) is 2. The third kappa shape index (κ3) is 2.35. The summed E-state index contributed by atoms with van der Waals surface area (Å²) in [6.07, 6.45) is 1.45. The van der Waals surface area contributed by atoms with Gasteiger partial charge in [-0.25, -0.2) is 4.98 Å². The predicted molar refractivity (Wildman–Crippen MR) is 78.0 cm³/mol. The van der Waals surface area contributed by atoms with Gasteiger partial charge in [0.15, 0.2) is 0 Å². The van der Waals surface area contributed by atoms with E-state index in [0.29, 0.717) is 16.5 Å². The first kappa shape index (κ1) is 12.6. The average Bonchev–Trinajstić information content (AvgIpc) is 2.80. The highest BCUT2D eigenvalue weighted by Gasteiger charge is 2.13. The van der Waals surface area contributed by atoms with Crippen molar-refractivity contribution in [2.45, 2.75) is 6.92 Å². The summed E-state index contributed by atoms with van der Waals surface area (Å²) in [5, 5.41) is 3.04. The molecule has 100 valence electrons. The Balaban J connectivity index is 1.88. The summed E-state index contributed by atoms with van der Waals surface area (Å²) < 4.78 is 0. The van der Waals surface area contributed by atoms with Crippen molar-refractivity contribution < 1.29 is 4.79 Å². The number of anilines is 1. The van der Waals surface area contributed by atoms with Crippen molar-refractivity contribution in [3.05, 3.63) is 52.8 Å². The summed E-state index contributed by atoms with van der Waals surface area (Å²) >= 11 is 6.04. The molecule has 0 aliphatic heterocycles. The first-order valence-electron chi connectivity index (χ1n) is 6.02. The number of hydrogen-bond acceptors (Lipinski definition) is 3. The normalized spacial score (nSPS) is 10.7. The number of aromatic nitrogens is 3. The van der Waals surface area contributed by atoms with Crippen LogP contribution in [0.15, 0.2) is 36.5 Å². The highest BCUT2D eigenvalue weighted by molar-refractivity contribution is 6.34. The Morgan fingerprint density at radius 2 is 2.15 bits per heavy atom. The van der Waals surface area contributed by atoms with Gasteiger partial charge < -0.3 is 4.98 Å². The van der Waals surface area contributed by atoms with Crippen molar-refractivity contribution in [3.63, 3.8) is 0 Å². The average molecular weight is 287 g/mol. The summed E-state index contributed by atoms with van der Waals surface area (Å²) in [5.74, 6) is 0.0365. The minimum atomic E-state index is -0.346. The minimum Gasteiger partial charge on any atom is -0.324 e. The van der Waals surface area contributed by atoms with Gasteiger partial charge in [0, 0.05) is 11.9 Å². The number of fused-ring (bicyclic) bond motifs is 1. The van der Waals surface area contributed by atoms with Crippen LogP contribution < -0.4 is 5.32 Å². The zero-order valence-corrected chi connectivity index (χ0v) is 11.4. The highest BCUT2D eigenvalue weighted by atomic mass is 35.5. The van der Waals surface area contributed by atoms with Crippen molar-refractivity contribution in [2.75, 3.05) is 5.32 Å². The van der Waals surface area contributed by atoms with E-state index in [2.05, 4.69) is 20.3 Å². The first-order chi connectivity index (χ1) is 9.63. The van der Waals surface area contributed by atoms with E-state index in [4.69, 9.17) is 11.6 Å². The molecule has 20 heavy (non-hydrogen) atoms. The van der Waals surface area contributed by atoms with Gasteiger partial charge in [0.05, 0.1) is 21.6 Å². The van der Waals surface area contributed by atoms with Gasteiger partial charge in [-0.1, -0.05) is 23.7 Å². The lowest BCUT2D eigenvalue weighted by atomic mass is 10.2. The lowest BCUT2D eigenvalue weighted by Crippen LogP contribution is -2.14. The minimum absolute atomic E-state index is 0.317. The zero-order chi connectivity index (χ0) is 14.1. The van der Waals surface area contributed by atoms with Gasteiger partial charge in [-0.05, 0) is 25.1 Å². The molecular formula is C14H11ClN4O. The molecule has 0 atom stereocenters. The van der Waals surface area contributed by atoms with E-state index in [9.17, 15) is 4.79 Å². The van der Waals surface area contributed by atoms with Crippen LogP contribution in [0.5, 0.6) is 0 Å². The fourth-order valence-corrected chi connectivity index (χ4v) is 2.17. The van der Waals surface area contributed by atoms with Crippen LogP contribution in [-0.2, 0) is 0 Å². The Bertz CT molecular complexity index is 764. The number of aryl methyl sites for hydroxylation is 1. The second kappa shape index (κ2) is 4.94. The lowest BCUT2D eigenvalue weighted by molar-refractivity contribution is 0.102. The second-order valence-corrected chi connectivity index (χ2v) is 4.77. The van der Waals surface area contributed by atoms with E-state index >= 15 is 0 Å². The summed E-state index contributed by atoms with van der Waals surface area (Å²) in [5.41, 5.74) is 2.72. The molecule has 2 heterocycles. The number of hydrogen-bond donors (Lipinski definition) is 2. The molecule has 0 aliphatic carbocycles. The number of carbonyl (C=O) groups excluding carboxylic acids is 1. The second-order valence-electron chi connectivity index (χ2n) is 4.36. The van der Waals surface area contributed by atoms with Gasteiger partial charge in [0.1, 0.15) is 0 Å². The molecule has 1 aromatic carbocycles. The van der Waals surface area contributed by atoms with Crippen LogP contribution in [0.3, 0.4) is 0 Å². The largest absolute Gasteiger partial charge is 0.324 e. The molecule has 5 nitrogen and oxygen atoms in total. The molecular weight excluding hydrogens is 276 g/mol. The van der Waals surface area contributed by atoms with Gasteiger partial charge in [0.25, 0.3) is 5.91 Å². The number of rotatable bonds is 2. The Labute approximate surface area is 120 Å². The third-order valence-electron chi connectivity index (χ3n) is 2.86. The van der Waals surface area contributed by atoms with E-state index < -0.39 is 0 Å². The van der Waals surface area contributed by atoms with Crippen LogP contribution in [0.25, 0.3) is 11.0 Å². The molecule has 3 aromatic rings. The molecule has 0 bridgehead atoms. The smallest absolute Gasteiger partial charge is 0.261 e. The van der Waals surface area contributed by atoms with Crippen LogP contribution in [-0.4, -0.2) is 20.9 Å². The van der Waals surface area contributed by atoms with Crippen molar-refractivity contribution in [2.24, 2.45) is 0 Å². The van der Waals surface area contributed by atoms with Gasteiger partial charge in [-0.15, -0.1) is 0 Å². The van der Waals surface area contributed by atoms with Crippen molar-refractivity contribution in [1.29, 1.82) is 0 Å². The monoisotopic (exact) mass is 286 g/mol. The van der Waals surface area contributed by atoms with Crippen molar-refractivity contribution in [3.8, 4) is 0 Å². The van der Waals surface area contributed by atoms with Gasteiger partial charge in [-0.3, -0.25) is 15.1 Å². The molecule has 0 unspecified atom stereocenters. The fourth-order valence-electron chi connectivity index (χ4n) is 1.88. The number of H-pyrrole nitrogens is 1. The standard InChI is InChI=1S/C14H11ClN4O/c1-8-6-10(15)9(7-16-8)13(20)19-14-17-11-4-2-3-5-12(11)18-14/h2-7H,1H3,(H2,17,18,19,20). The molecule has 3 rings (SSSR count). The molecule has 0 radical (unpaired) electrons. The maximum atomic E-state index is 12.1. The third-order valence-corrected chi connectivity index (χ3v) is 3.17. The summed E-state index contributed by atoms with van der Waals surface area (Å²) in [4.78, 5) is 23.5. The van der Waals surface area contributed by atoms with E-state index in [0.717, 1.165) is 16.7 Å². The quantitative estimate of drug-likeness (QED) is 0.760. The molecule has 0 fully saturated rings. The van der Waals surface area contributed by atoms with Crippen molar-refractivity contribution in [1.82, 2.24) is 15.0 Å². The number of nitrogens with zero attached hydrogens (tertiary/aromatic N) is 2. The number of amides is 1. The van der Waals surface area contributed by atoms with Gasteiger partial charge in [0.2, 0.25) is 5.95 Å². The van der Waals surface area contributed by atoms with Crippen molar-refractivity contribution >= 4 is 34.5 Å². The number of benzene rings is 1. The topological polar surface area (TPSA) is 70.7 Å². The number of carbonyl (C=O) groups is 1. The Morgan fingerprint density at radius 1 is 1.35 bits per heavy atom. The molecule has 1 amide bonds. The summed E-state index contributed by atoms with van der Waals surface area (Å²) in [6.45, 7) is 1.81. The predicted octanol–water partition coefficient (Wildman–Crippen LogP) is 3.17. The summed E-state index contributed by atoms with van der Waals surface area (Å²) in [7, 11) is 0. The Morgan fingerprint density at radius 3 is 2.90 bits per heavy atom. The van der Waals surface area contributed by atoms with E-state index in [1.165, 1.54) is 6.20 Å². The van der Waals surface area contributed by atoms with E-state index in [1.54, 1.807) is 6.07 Å². The van der Waals surface area contributed by atoms with Gasteiger partial charge in [-0.2, -0.15) is 0 Å². The van der Waals surface area contributed by atoms with Crippen LogP contribution in [0, 0.1) is 6.92 Å². The molecule has 0 aliphatic rings. The highest BCUT2D eigenvalue weighted by Crippen LogP contribution is 2.18. The zero-order valence-electron chi connectivity index (χ0n) is 10.6. The Hall–Kier alpha value is -2.40. The van der Waals surface area contributed by atoms with E-state index in [-0.39, 0.29) is 5.91 Å². The molecule has 0 saturated heterocycles. The Kier molecular flexibility index (Phi) is 3.12. The maximum absolute atomic E-state index is 12.1. The number of pyridine rings is 1. The maximum Gasteiger partial charge on any atom is 0.261 e. The molecule has 0 spiro atoms. The van der Waals surface area contributed by atoms with Crippen LogP contribution in [0.1, 0.15) is 16.1 Å². The number of imidazole rings is 1. The number of halogens is 1. The number of para-hydroxylation sites is 2. The SMILES string of the molecule is Cc1cc(Cl)c(C(=O)Nc2nc3ccccc3[nH]2)cn1. The van der Waals surface area contributed by atoms with Crippen LogP contribution in [0.2, 0.25) is 5.02 Å². The molecule has 2 aromatic heterocycles. The first-order valence-corrected chi connectivity index (χ1v) is 6.39.